The van der Waals surface area contributed by atoms with E-state index in [1.54, 1.807) is 0 Å². The van der Waals surface area contributed by atoms with Crippen LogP contribution in [0.2, 0.25) is 0 Å². The molecule has 0 aromatic rings. The number of hydrogen-bond acceptors (Lipinski definition) is 1. The molecule has 0 bridgehead atoms. The van der Waals surface area contributed by atoms with Gasteiger partial charge < -0.3 is 4.79 Å². The summed E-state index contributed by atoms with van der Waals surface area (Å²) in [6, 6.07) is 0. The molecule has 0 amide bonds. The van der Waals surface area contributed by atoms with Gasteiger partial charge in [-0.2, -0.15) is 0 Å². The third kappa shape index (κ3) is 5.00. The summed E-state index contributed by atoms with van der Waals surface area (Å²) in [6.45, 7) is 8.06. The molecule has 0 aliphatic rings. The molecule has 1 heteroatoms. The molecule has 0 rings (SSSR count). The third-order valence-corrected chi connectivity index (χ3v) is 2.64. The van der Waals surface area contributed by atoms with Crippen molar-refractivity contribution in [1.29, 1.82) is 0 Å². The van der Waals surface area contributed by atoms with E-state index in [-0.39, 0.29) is 5.41 Å². The molecule has 0 spiro atoms. The maximum atomic E-state index is 10.8. The highest BCUT2D eigenvalue weighted by Crippen LogP contribution is 2.24. The lowest BCUT2D eigenvalue weighted by Crippen LogP contribution is -2.21. The Labute approximate surface area is 87.9 Å². The van der Waals surface area contributed by atoms with Crippen molar-refractivity contribution in [2.24, 2.45) is 11.3 Å². The number of carbonyl (C=O) groups is 1. The first-order chi connectivity index (χ1) is 6.54. The molecule has 0 aliphatic heterocycles. The molecule has 0 radical (unpaired) electrons. The number of unbranched alkanes of at least 4 members (excludes halogenated alkanes) is 1. The molecule has 0 saturated heterocycles. The lowest BCUT2D eigenvalue weighted by molar-refractivity contribution is -0.116. The highest BCUT2D eigenvalue weighted by atomic mass is 16.1. The van der Waals surface area contributed by atoms with Crippen molar-refractivity contribution < 1.29 is 4.79 Å². The van der Waals surface area contributed by atoms with Gasteiger partial charge in [0.1, 0.15) is 6.29 Å². The standard InChI is InChI=1S/C13H22O/c1-5-6-7-8-9-10-12(2)13(3,4)11-14/h5-6,9-12H,7-8H2,1-4H3/b6-5+,10-9+. The number of carbonyl (C=O) groups excluding carboxylic acids is 1. The van der Waals surface area contributed by atoms with Crippen molar-refractivity contribution in [3.63, 3.8) is 0 Å². The van der Waals surface area contributed by atoms with Gasteiger partial charge in [0.2, 0.25) is 0 Å². The van der Waals surface area contributed by atoms with Crippen LogP contribution >= 0.6 is 0 Å². The van der Waals surface area contributed by atoms with Gasteiger partial charge in [-0.1, -0.05) is 45.1 Å². The van der Waals surface area contributed by atoms with E-state index in [0.717, 1.165) is 19.1 Å². The van der Waals surface area contributed by atoms with Crippen LogP contribution in [0.1, 0.15) is 40.5 Å². The Hall–Kier alpha value is -0.850. The second-order valence-electron chi connectivity index (χ2n) is 4.30. The molecule has 0 aromatic heterocycles. The molecular weight excluding hydrogens is 172 g/mol. The van der Waals surface area contributed by atoms with E-state index in [0.29, 0.717) is 5.92 Å². The molecule has 0 fully saturated rings. The summed E-state index contributed by atoms with van der Waals surface area (Å²) >= 11 is 0. The number of allylic oxidation sites excluding steroid dienone is 4. The van der Waals surface area contributed by atoms with Gasteiger partial charge in [0, 0.05) is 5.41 Å². The molecular formula is C13H22O. The maximum absolute atomic E-state index is 10.8. The van der Waals surface area contributed by atoms with Crippen molar-refractivity contribution in [3.05, 3.63) is 24.3 Å². The van der Waals surface area contributed by atoms with Gasteiger partial charge in [-0.05, 0) is 25.7 Å². The third-order valence-electron chi connectivity index (χ3n) is 2.64. The zero-order valence-corrected chi connectivity index (χ0v) is 9.79. The van der Waals surface area contributed by atoms with E-state index in [1.807, 2.05) is 20.8 Å². The Balaban J connectivity index is 3.93. The van der Waals surface area contributed by atoms with E-state index >= 15 is 0 Å². The van der Waals surface area contributed by atoms with Gasteiger partial charge in [0.15, 0.2) is 0 Å². The van der Waals surface area contributed by atoms with Crippen LogP contribution < -0.4 is 0 Å². The fourth-order valence-electron chi connectivity index (χ4n) is 1.01. The van der Waals surface area contributed by atoms with Crippen LogP contribution in [0.3, 0.4) is 0 Å². The second-order valence-corrected chi connectivity index (χ2v) is 4.30. The Bertz CT molecular complexity index is 211. The fraction of sp³-hybridized carbons (Fsp3) is 0.615. The SMILES string of the molecule is C/C=C/CC/C=C/C(C)C(C)(C)C=O. The minimum absolute atomic E-state index is 0.239. The molecule has 0 aromatic carbocycles. The van der Waals surface area contributed by atoms with Crippen molar-refractivity contribution >= 4 is 6.29 Å². The van der Waals surface area contributed by atoms with Crippen LogP contribution in [-0.2, 0) is 4.79 Å². The highest BCUT2D eigenvalue weighted by molar-refractivity contribution is 5.58. The van der Waals surface area contributed by atoms with Crippen LogP contribution in [0.15, 0.2) is 24.3 Å². The minimum atomic E-state index is -0.239. The molecule has 0 N–H and O–H groups in total. The van der Waals surface area contributed by atoms with Crippen LogP contribution in [0.5, 0.6) is 0 Å². The van der Waals surface area contributed by atoms with Gasteiger partial charge in [0.05, 0.1) is 0 Å². The van der Waals surface area contributed by atoms with E-state index < -0.39 is 0 Å². The Morgan fingerprint density at radius 2 is 1.79 bits per heavy atom. The Morgan fingerprint density at radius 3 is 2.29 bits per heavy atom. The van der Waals surface area contributed by atoms with Gasteiger partial charge in [-0.15, -0.1) is 0 Å². The topological polar surface area (TPSA) is 17.1 Å². The Kier molecular flexibility index (Phi) is 6.18. The summed E-state index contributed by atoms with van der Waals surface area (Å²) in [4.78, 5) is 10.8. The summed E-state index contributed by atoms with van der Waals surface area (Å²) in [5, 5.41) is 0. The van der Waals surface area contributed by atoms with E-state index in [9.17, 15) is 4.79 Å². The van der Waals surface area contributed by atoms with Crippen LogP contribution in [-0.4, -0.2) is 6.29 Å². The van der Waals surface area contributed by atoms with E-state index in [1.165, 1.54) is 0 Å². The van der Waals surface area contributed by atoms with Gasteiger partial charge >= 0.3 is 0 Å². The fourth-order valence-corrected chi connectivity index (χ4v) is 1.01. The second kappa shape index (κ2) is 6.58. The summed E-state index contributed by atoms with van der Waals surface area (Å²) in [6.07, 6.45) is 11.7. The predicted molar refractivity (Wildman–Crippen MR) is 62.2 cm³/mol. The number of aldehydes is 1. The summed E-state index contributed by atoms with van der Waals surface area (Å²) in [5.74, 6) is 0.311. The summed E-state index contributed by atoms with van der Waals surface area (Å²) in [5.41, 5.74) is -0.239. The first-order valence-corrected chi connectivity index (χ1v) is 5.28. The number of hydrogen-bond donors (Lipinski definition) is 0. The monoisotopic (exact) mass is 194 g/mol. The maximum Gasteiger partial charge on any atom is 0.126 e. The van der Waals surface area contributed by atoms with Gasteiger partial charge in [-0.3, -0.25) is 0 Å². The largest absolute Gasteiger partial charge is 0.303 e. The first-order valence-electron chi connectivity index (χ1n) is 5.28. The van der Waals surface area contributed by atoms with Gasteiger partial charge in [0.25, 0.3) is 0 Å². The lowest BCUT2D eigenvalue weighted by atomic mass is 9.81. The zero-order valence-electron chi connectivity index (χ0n) is 9.79. The first kappa shape index (κ1) is 13.2. The molecule has 0 saturated carbocycles. The van der Waals surface area contributed by atoms with E-state index in [2.05, 4.69) is 31.2 Å². The summed E-state index contributed by atoms with van der Waals surface area (Å²) in [7, 11) is 0. The van der Waals surface area contributed by atoms with E-state index in [4.69, 9.17) is 0 Å². The predicted octanol–water partition coefficient (Wildman–Crippen LogP) is 3.76. The lowest BCUT2D eigenvalue weighted by Gasteiger charge is -2.22. The molecule has 1 unspecified atom stereocenters. The normalized spacial score (nSPS) is 15.1. The van der Waals surface area contributed by atoms with Gasteiger partial charge in [-0.25, -0.2) is 0 Å². The molecule has 80 valence electrons. The van der Waals surface area contributed by atoms with Crippen molar-refractivity contribution in [2.75, 3.05) is 0 Å². The Morgan fingerprint density at radius 1 is 1.21 bits per heavy atom. The smallest absolute Gasteiger partial charge is 0.126 e. The van der Waals surface area contributed by atoms with Crippen molar-refractivity contribution in [3.8, 4) is 0 Å². The average molecular weight is 194 g/mol. The molecule has 0 aliphatic carbocycles. The van der Waals surface area contributed by atoms with Crippen molar-refractivity contribution in [2.45, 2.75) is 40.5 Å². The van der Waals surface area contributed by atoms with Crippen LogP contribution in [0.4, 0.5) is 0 Å². The minimum Gasteiger partial charge on any atom is -0.303 e. The summed E-state index contributed by atoms with van der Waals surface area (Å²) < 4.78 is 0. The molecule has 14 heavy (non-hydrogen) atoms. The quantitative estimate of drug-likeness (QED) is 0.357. The van der Waals surface area contributed by atoms with Crippen LogP contribution in [0, 0.1) is 11.3 Å². The van der Waals surface area contributed by atoms with Crippen molar-refractivity contribution in [1.82, 2.24) is 0 Å². The number of rotatable bonds is 6. The molecule has 0 heterocycles. The highest BCUT2D eigenvalue weighted by Gasteiger charge is 2.22. The molecule has 1 nitrogen and oxygen atoms in total. The van der Waals surface area contributed by atoms with Crippen LogP contribution in [0.25, 0.3) is 0 Å². The zero-order chi connectivity index (χ0) is 11.0. The average Bonchev–Trinajstić information content (AvgIpc) is 2.17. The molecule has 1 atom stereocenters.